The Morgan fingerprint density at radius 2 is 2.06 bits per heavy atom. The summed E-state index contributed by atoms with van der Waals surface area (Å²) in [5.74, 6) is -0.558. The Morgan fingerprint density at radius 3 is 2.65 bits per heavy atom. The smallest absolute Gasteiger partial charge is 0.142 e. The van der Waals surface area contributed by atoms with E-state index in [1.807, 2.05) is 0 Å². The average Bonchev–Trinajstić information content (AvgIpc) is 2.22. The largest absolute Gasteiger partial charge is 0.397 e. The maximum atomic E-state index is 13.5. The highest BCUT2D eigenvalue weighted by Crippen LogP contribution is 2.37. The second kappa shape index (κ2) is 3.82. The van der Waals surface area contributed by atoms with E-state index < -0.39 is 11.4 Å². The van der Waals surface area contributed by atoms with Crippen molar-refractivity contribution in [3.63, 3.8) is 0 Å². The second-order valence-electron chi connectivity index (χ2n) is 4.40. The van der Waals surface area contributed by atoms with Crippen LogP contribution in [0.3, 0.4) is 0 Å². The van der Waals surface area contributed by atoms with Crippen molar-refractivity contribution in [2.45, 2.75) is 19.4 Å². The molecule has 17 heavy (non-hydrogen) atoms. The number of pyridine rings is 1. The molecule has 2 rings (SSSR count). The van der Waals surface area contributed by atoms with Gasteiger partial charge in [0.2, 0.25) is 0 Å². The Labute approximate surface area is 103 Å². The van der Waals surface area contributed by atoms with Crippen LogP contribution in [0.15, 0.2) is 18.3 Å². The summed E-state index contributed by atoms with van der Waals surface area (Å²) in [7, 11) is 0. The number of aliphatic hydroxyl groups is 1. The Hall–Kier alpha value is -1.39. The molecule has 3 N–H and O–H groups in total. The van der Waals surface area contributed by atoms with Crippen molar-refractivity contribution in [2.24, 2.45) is 0 Å². The lowest BCUT2D eigenvalue weighted by molar-refractivity contribution is 0.0809. The maximum Gasteiger partial charge on any atom is 0.142 e. The molecule has 2 aromatic rings. The van der Waals surface area contributed by atoms with Gasteiger partial charge in [-0.25, -0.2) is 4.39 Å². The van der Waals surface area contributed by atoms with Gasteiger partial charge in [0.15, 0.2) is 0 Å². The number of hydrogen-bond donors (Lipinski definition) is 2. The van der Waals surface area contributed by atoms with Crippen LogP contribution in [0.2, 0.25) is 5.02 Å². The van der Waals surface area contributed by atoms with E-state index >= 15 is 0 Å². The zero-order valence-electron chi connectivity index (χ0n) is 9.46. The van der Waals surface area contributed by atoms with Gasteiger partial charge in [-0.3, -0.25) is 4.98 Å². The van der Waals surface area contributed by atoms with E-state index in [0.717, 1.165) is 0 Å². The highest BCUT2D eigenvalue weighted by molar-refractivity contribution is 6.36. The van der Waals surface area contributed by atoms with Crippen LogP contribution < -0.4 is 5.73 Å². The van der Waals surface area contributed by atoms with Gasteiger partial charge in [0.25, 0.3) is 0 Å². The topological polar surface area (TPSA) is 59.1 Å². The third-order valence-corrected chi connectivity index (χ3v) is 2.94. The lowest BCUT2D eigenvalue weighted by atomic mass is 9.93. The number of rotatable bonds is 1. The number of nitrogens with two attached hydrogens (primary N) is 1. The fourth-order valence-electron chi connectivity index (χ4n) is 1.89. The first-order valence-corrected chi connectivity index (χ1v) is 5.45. The summed E-state index contributed by atoms with van der Waals surface area (Å²) in [6.45, 7) is 3.14. The van der Waals surface area contributed by atoms with E-state index in [9.17, 15) is 9.50 Å². The molecule has 0 bridgehead atoms. The van der Waals surface area contributed by atoms with Gasteiger partial charge in [-0.15, -0.1) is 0 Å². The lowest BCUT2D eigenvalue weighted by Gasteiger charge is -2.22. The molecule has 0 radical (unpaired) electrons. The summed E-state index contributed by atoms with van der Waals surface area (Å²) in [6.07, 6.45) is 1.43. The minimum Gasteiger partial charge on any atom is -0.397 e. The van der Waals surface area contributed by atoms with E-state index in [0.29, 0.717) is 16.5 Å². The number of benzene rings is 1. The zero-order chi connectivity index (χ0) is 12.8. The van der Waals surface area contributed by atoms with Gasteiger partial charge in [-0.05, 0) is 26.0 Å². The first kappa shape index (κ1) is 12.1. The molecule has 0 amide bonds. The molecule has 0 fully saturated rings. The molecule has 90 valence electrons. The van der Waals surface area contributed by atoms with Gasteiger partial charge in [0.1, 0.15) is 5.82 Å². The molecule has 1 aromatic carbocycles. The highest BCUT2D eigenvalue weighted by Gasteiger charge is 2.25. The monoisotopic (exact) mass is 254 g/mol. The first-order valence-electron chi connectivity index (χ1n) is 5.07. The molecule has 0 saturated carbocycles. The van der Waals surface area contributed by atoms with E-state index in [-0.39, 0.29) is 10.7 Å². The van der Waals surface area contributed by atoms with Crippen LogP contribution in [0.5, 0.6) is 0 Å². The average molecular weight is 255 g/mol. The molecule has 0 aliphatic carbocycles. The first-order chi connectivity index (χ1) is 7.82. The SMILES string of the molecule is CC(C)(O)c1c(N)cnc2ccc(F)c(Cl)c12. The summed E-state index contributed by atoms with van der Waals surface area (Å²) in [6, 6.07) is 2.74. The van der Waals surface area contributed by atoms with E-state index in [1.54, 1.807) is 13.8 Å². The summed E-state index contributed by atoms with van der Waals surface area (Å²) >= 11 is 5.93. The van der Waals surface area contributed by atoms with Crippen molar-refractivity contribution >= 4 is 28.2 Å². The van der Waals surface area contributed by atoms with Crippen LogP contribution in [0.25, 0.3) is 10.9 Å². The van der Waals surface area contributed by atoms with E-state index in [4.69, 9.17) is 17.3 Å². The summed E-state index contributed by atoms with van der Waals surface area (Å²) in [5.41, 5.74) is 5.76. The molecule has 3 nitrogen and oxygen atoms in total. The molecule has 0 aliphatic rings. The quantitative estimate of drug-likeness (QED) is 0.823. The van der Waals surface area contributed by atoms with Gasteiger partial charge in [0.05, 0.1) is 28.0 Å². The van der Waals surface area contributed by atoms with Gasteiger partial charge in [-0.1, -0.05) is 11.6 Å². The van der Waals surface area contributed by atoms with Crippen molar-refractivity contribution in [1.82, 2.24) is 4.98 Å². The molecular weight excluding hydrogens is 243 g/mol. The Kier molecular flexibility index (Phi) is 2.72. The van der Waals surface area contributed by atoms with Gasteiger partial charge in [0, 0.05) is 10.9 Å². The number of hydrogen-bond acceptors (Lipinski definition) is 3. The van der Waals surface area contributed by atoms with Gasteiger partial charge in [-0.2, -0.15) is 0 Å². The van der Waals surface area contributed by atoms with Crippen molar-refractivity contribution in [1.29, 1.82) is 0 Å². The fourth-order valence-corrected chi connectivity index (χ4v) is 2.15. The number of fused-ring (bicyclic) bond motifs is 1. The van der Waals surface area contributed by atoms with Crippen molar-refractivity contribution in [3.8, 4) is 0 Å². The van der Waals surface area contributed by atoms with Crippen molar-refractivity contribution in [2.75, 3.05) is 5.73 Å². The molecule has 0 unspecified atom stereocenters. The Balaban J connectivity index is 2.99. The van der Waals surface area contributed by atoms with Crippen LogP contribution >= 0.6 is 11.6 Å². The predicted molar refractivity (Wildman–Crippen MR) is 66.4 cm³/mol. The minimum atomic E-state index is -1.22. The molecule has 1 heterocycles. The molecule has 0 saturated heterocycles. The highest BCUT2D eigenvalue weighted by atomic mass is 35.5. The van der Waals surface area contributed by atoms with Gasteiger partial charge >= 0.3 is 0 Å². The lowest BCUT2D eigenvalue weighted by Crippen LogP contribution is -2.19. The summed E-state index contributed by atoms with van der Waals surface area (Å²) in [4.78, 5) is 4.07. The van der Waals surface area contributed by atoms with Crippen LogP contribution in [0, 0.1) is 5.82 Å². The van der Waals surface area contributed by atoms with E-state index in [2.05, 4.69) is 4.98 Å². The van der Waals surface area contributed by atoms with E-state index in [1.165, 1.54) is 18.3 Å². The number of aromatic nitrogens is 1. The third-order valence-electron chi connectivity index (χ3n) is 2.57. The predicted octanol–water partition coefficient (Wildman–Crippen LogP) is 2.84. The second-order valence-corrected chi connectivity index (χ2v) is 4.78. The zero-order valence-corrected chi connectivity index (χ0v) is 10.2. The minimum absolute atomic E-state index is 0.0700. The Bertz CT molecular complexity index is 588. The molecule has 0 atom stereocenters. The molecular formula is C12H12ClFN2O. The third kappa shape index (κ3) is 1.94. The van der Waals surface area contributed by atoms with Crippen molar-refractivity contribution in [3.05, 3.63) is 34.7 Å². The van der Waals surface area contributed by atoms with Crippen LogP contribution in [-0.2, 0) is 5.60 Å². The maximum absolute atomic E-state index is 13.5. The standard InChI is InChI=1S/C12H12ClFN2O/c1-12(2,17)10-7(15)5-16-8-4-3-6(14)11(13)9(8)10/h3-5,17H,15H2,1-2H3. The van der Waals surface area contributed by atoms with Gasteiger partial charge < -0.3 is 10.8 Å². The van der Waals surface area contributed by atoms with Crippen LogP contribution in [-0.4, -0.2) is 10.1 Å². The number of nitrogens with zero attached hydrogens (tertiary/aromatic N) is 1. The summed E-state index contributed by atoms with van der Waals surface area (Å²) in [5, 5.41) is 10.4. The normalized spacial score (nSPS) is 12.1. The fraction of sp³-hybridized carbons (Fsp3) is 0.250. The van der Waals surface area contributed by atoms with Crippen LogP contribution in [0.1, 0.15) is 19.4 Å². The molecule has 0 aliphatic heterocycles. The summed E-state index contributed by atoms with van der Waals surface area (Å²) < 4.78 is 13.5. The van der Waals surface area contributed by atoms with Crippen LogP contribution in [0.4, 0.5) is 10.1 Å². The Morgan fingerprint density at radius 1 is 1.41 bits per heavy atom. The molecule has 5 heteroatoms. The number of halogens is 2. The molecule has 0 spiro atoms. The number of nitrogen functional groups attached to an aromatic ring is 1. The molecule has 1 aromatic heterocycles. The number of anilines is 1. The van der Waals surface area contributed by atoms with Crippen molar-refractivity contribution < 1.29 is 9.50 Å².